The van der Waals surface area contributed by atoms with Crippen LogP contribution in [0.3, 0.4) is 0 Å². The molecule has 1 unspecified atom stereocenters. The molecule has 2 saturated heterocycles. The van der Waals surface area contributed by atoms with Crippen LogP contribution in [0.25, 0.3) is 0 Å². The number of nitrogens with one attached hydrogen (secondary N) is 1. The first-order valence-corrected chi connectivity index (χ1v) is 23.6. The van der Waals surface area contributed by atoms with Crippen LogP contribution in [0.1, 0.15) is 43.9 Å². The highest BCUT2D eigenvalue weighted by Gasteiger charge is 2.44. The molecule has 0 aliphatic carbocycles. The first-order valence-electron chi connectivity index (χ1n) is 20.4. The SMILES string of the molecule is CC(C)CN(C[C@@H](O)[C@H](Cc1ccc(OCP(=O)(OCc2ccccc2)O[C@H](C)C(=O)OCc2ccccc2)cc1)NC(=O)O[C@H]1CO[C@H]2OCC[C@H]21)S(=O)(=O)c1cccnc1. The Hall–Kier alpha value is -4.71. The number of alkyl carbamates (subject to hydrolysis) is 1. The third-order valence-electron chi connectivity index (χ3n) is 10.2. The van der Waals surface area contributed by atoms with Crippen LogP contribution in [-0.2, 0) is 67.0 Å². The zero-order valence-electron chi connectivity index (χ0n) is 34.9. The summed E-state index contributed by atoms with van der Waals surface area (Å²) in [5.74, 6) is -0.664. The summed E-state index contributed by atoms with van der Waals surface area (Å²) in [7, 11) is -8.17. The van der Waals surface area contributed by atoms with Gasteiger partial charge in [0.2, 0.25) is 10.0 Å². The quantitative estimate of drug-likeness (QED) is 0.0680. The molecule has 18 heteroatoms. The lowest BCUT2D eigenvalue weighted by molar-refractivity contribution is -0.153. The standard InChI is InChI=1S/C44H54N3O13PS/c1-31(2)25-47(62(52,53)37-15-10-21-45-24-37)26-40(48)39(46-44(50)59-41-29-56-43-38(41)20-22-54-43)23-33-16-18-36(19-17-33)57-30-61(51,58-28-35-13-8-5-9-14-35)60-32(3)42(49)55-27-34-11-6-4-7-12-34/h4-19,21,24,31-32,38-41,43,48H,20,22-23,25-30H2,1-3H3,(H,46,50)/t32-,38+,39+,40-,41+,43-,61?/m1/s1. The van der Waals surface area contributed by atoms with E-state index in [0.717, 1.165) is 11.1 Å². The van der Waals surface area contributed by atoms with Crippen molar-refractivity contribution in [3.63, 3.8) is 0 Å². The van der Waals surface area contributed by atoms with Gasteiger partial charge in [0.25, 0.3) is 0 Å². The lowest BCUT2D eigenvalue weighted by Gasteiger charge is -2.31. The first-order chi connectivity index (χ1) is 29.8. The molecule has 16 nitrogen and oxygen atoms in total. The summed E-state index contributed by atoms with van der Waals surface area (Å²) in [4.78, 5) is 30.2. The highest BCUT2D eigenvalue weighted by atomic mass is 32.2. The Labute approximate surface area is 362 Å². The van der Waals surface area contributed by atoms with E-state index in [0.29, 0.717) is 18.6 Å². The van der Waals surface area contributed by atoms with E-state index in [4.69, 9.17) is 32.7 Å². The van der Waals surface area contributed by atoms with Crippen LogP contribution in [-0.4, -0.2) is 98.2 Å². The van der Waals surface area contributed by atoms with Crippen molar-refractivity contribution in [3.05, 3.63) is 126 Å². The number of carbonyl (C=O) groups excluding carboxylic acids is 2. The van der Waals surface area contributed by atoms with Gasteiger partial charge >= 0.3 is 19.7 Å². The highest BCUT2D eigenvalue weighted by molar-refractivity contribution is 7.89. The van der Waals surface area contributed by atoms with Crippen molar-refractivity contribution in [2.24, 2.45) is 11.8 Å². The number of rotatable bonds is 22. The van der Waals surface area contributed by atoms with Crippen molar-refractivity contribution in [3.8, 4) is 5.75 Å². The minimum atomic E-state index is -4.09. The van der Waals surface area contributed by atoms with E-state index >= 15 is 0 Å². The highest BCUT2D eigenvalue weighted by Crippen LogP contribution is 2.50. The maximum absolute atomic E-state index is 14.1. The molecular formula is C44H54N3O13PS. The molecule has 0 saturated carbocycles. The van der Waals surface area contributed by atoms with E-state index < -0.39 is 66.7 Å². The second-order valence-electron chi connectivity index (χ2n) is 15.5. The van der Waals surface area contributed by atoms with Gasteiger partial charge in [-0.25, -0.2) is 18.0 Å². The van der Waals surface area contributed by atoms with Crippen molar-refractivity contribution in [1.82, 2.24) is 14.6 Å². The lowest BCUT2D eigenvalue weighted by Crippen LogP contribution is -2.51. The van der Waals surface area contributed by atoms with Gasteiger partial charge < -0.3 is 38.6 Å². The molecule has 334 valence electrons. The predicted molar refractivity (Wildman–Crippen MR) is 226 cm³/mol. The Balaban J connectivity index is 1.14. The minimum Gasteiger partial charge on any atom is -0.481 e. The summed E-state index contributed by atoms with van der Waals surface area (Å²) in [5.41, 5.74) is 2.14. The van der Waals surface area contributed by atoms with E-state index in [1.165, 1.54) is 35.8 Å². The third kappa shape index (κ3) is 13.4. The number of ether oxygens (including phenoxy) is 5. The molecule has 2 N–H and O–H groups in total. The van der Waals surface area contributed by atoms with Crippen LogP contribution in [0, 0.1) is 11.8 Å². The number of benzene rings is 3. The number of aliphatic hydroxyl groups excluding tert-OH is 1. The summed E-state index contributed by atoms with van der Waals surface area (Å²) in [6.07, 6.45) is -1.55. The fraction of sp³-hybridized carbons (Fsp3) is 0.432. The van der Waals surface area contributed by atoms with Gasteiger partial charge in [0.1, 0.15) is 23.4 Å². The molecule has 1 aromatic heterocycles. The van der Waals surface area contributed by atoms with E-state index in [1.54, 1.807) is 36.4 Å². The normalized spacial score (nSPS) is 19.9. The summed E-state index contributed by atoms with van der Waals surface area (Å²) in [5, 5.41) is 14.5. The number of esters is 1. The number of aliphatic hydroxyl groups is 1. The van der Waals surface area contributed by atoms with Crippen LogP contribution < -0.4 is 10.1 Å². The van der Waals surface area contributed by atoms with Gasteiger partial charge in [-0.15, -0.1) is 0 Å². The largest absolute Gasteiger partial charge is 0.481 e. The Morgan fingerprint density at radius 1 is 0.903 bits per heavy atom. The van der Waals surface area contributed by atoms with Gasteiger partial charge in [-0.05, 0) is 66.6 Å². The van der Waals surface area contributed by atoms with Crippen molar-refractivity contribution in [2.45, 2.75) is 82.4 Å². The van der Waals surface area contributed by atoms with Crippen LogP contribution in [0.2, 0.25) is 0 Å². The first kappa shape index (κ1) is 46.8. The van der Waals surface area contributed by atoms with Crippen LogP contribution in [0.4, 0.5) is 4.79 Å². The molecule has 7 atom stereocenters. The van der Waals surface area contributed by atoms with Gasteiger partial charge in [-0.3, -0.25) is 14.1 Å². The molecule has 2 fully saturated rings. The fourth-order valence-corrected chi connectivity index (χ4v) is 9.92. The molecule has 1 amide bonds. The maximum atomic E-state index is 14.1. The average molecular weight is 896 g/mol. The molecule has 3 aromatic carbocycles. The van der Waals surface area contributed by atoms with Gasteiger partial charge in [-0.2, -0.15) is 4.31 Å². The maximum Gasteiger partial charge on any atom is 0.407 e. The number of nitrogens with zero attached hydrogens (tertiary/aromatic N) is 2. The van der Waals surface area contributed by atoms with Crippen LogP contribution in [0.15, 0.2) is 114 Å². The Kier molecular flexibility index (Phi) is 16.7. The monoisotopic (exact) mass is 895 g/mol. The summed E-state index contributed by atoms with van der Waals surface area (Å²) >= 11 is 0. The van der Waals surface area contributed by atoms with E-state index in [9.17, 15) is 27.7 Å². The zero-order chi connectivity index (χ0) is 44.1. The van der Waals surface area contributed by atoms with Gasteiger partial charge in [0.15, 0.2) is 18.7 Å². The van der Waals surface area contributed by atoms with E-state index in [1.807, 2.05) is 62.4 Å². The van der Waals surface area contributed by atoms with Gasteiger partial charge in [0.05, 0.1) is 37.9 Å². The number of hydrogen-bond acceptors (Lipinski definition) is 14. The molecule has 3 heterocycles. The number of carbonyl (C=O) groups is 2. The molecule has 0 radical (unpaired) electrons. The van der Waals surface area contributed by atoms with Crippen molar-refractivity contribution >= 4 is 29.7 Å². The average Bonchev–Trinajstić information content (AvgIpc) is 3.90. The molecule has 0 bridgehead atoms. The number of amides is 1. The van der Waals surface area contributed by atoms with Crippen molar-refractivity contribution in [2.75, 3.05) is 32.7 Å². The molecule has 0 spiro atoms. The summed E-state index contributed by atoms with van der Waals surface area (Å²) in [6, 6.07) is 26.7. The number of aromatic nitrogens is 1. The minimum absolute atomic E-state index is 0.00643. The number of fused-ring (bicyclic) bond motifs is 1. The molecule has 2 aliphatic rings. The van der Waals surface area contributed by atoms with Crippen LogP contribution in [0.5, 0.6) is 5.75 Å². The molecular weight excluding hydrogens is 842 g/mol. The fourth-order valence-electron chi connectivity index (χ4n) is 6.92. The Bertz CT molecular complexity index is 2190. The van der Waals surface area contributed by atoms with Crippen molar-refractivity contribution in [1.29, 1.82) is 0 Å². The summed E-state index contributed by atoms with van der Waals surface area (Å²) < 4.78 is 82.6. The Morgan fingerprint density at radius 3 is 2.26 bits per heavy atom. The van der Waals surface area contributed by atoms with Gasteiger partial charge in [-0.1, -0.05) is 86.6 Å². The smallest absolute Gasteiger partial charge is 0.407 e. The molecule has 62 heavy (non-hydrogen) atoms. The summed E-state index contributed by atoms with van der Waals surface area (Å²) in [6.45, 7) is 5.48. The van der Waals surface area contributed by atoms with E-state index in [-0.39, 0.29) is 61.8 Å². The predicted octanol–water partition coefficient (Wildman–Crippen LogP) is 6.08. The second kappa shape index (κ2) is 22.1. The second-order valence-corrected chi connectivity index (χ2v) is 19.4. The zero-order valence-corrected chi connectivity index (χ0v) is 36.6. The van der Waals surface area contributed by atoms with E-state index in [2.05, 4.69) is 10.3 Å². The Morgan fingerprint density at radius 2 is 1.60 bits per heavy atom. The number of sulfonamides is 1. The number of hydrogen-bond donors (Lipinski definition) is 2. The molecule has 4 aromatic rings. The number of pyridine rings is 1. The lowest BCUT2D eigenvalue weighted by atomic mass is 10.0. The topological polar surface area (TPSA) is 198 Å². The molecule has 2 aliphatic heterocycles. The van der Waals surface area contributed by atoms with Gasteiger partial charge in [0, 0.05) is 25.5 Å². The molecule has 6 rings (SSSR count). The van der Waals surface area contributed by atoms with Crippen LogP contribution >= 0.6 is 7.60 Å². The third-order valence-corrected chi connectivity index (χ3v) is 13.6. The van der Waals surface area contributed by atoms with Crippen molar-refractivity contribution < 1.29 is 60.4 Å².